The Morgan fingerprint density at radius 1 is 1.11 bits per heavy atom. The molecule has 7 nitrogen and oxygen atoms in total. The van der Waals surface area contributed by atoms with E-state index in [-0.39, 0.29) is 5.56 Å². The Balaban J connectivity index is 1.74. The van der Waals surface area contributed by atoms with Gasteiger partial charge in [0.15, 0.2) is 5.13 Å². The van der Waals surface area contributed by atoms with Gasteiger partial charge in [0.1, 0.15) is 0 Å². The molecule has 0 aliphatic heterocycles. The number of anilines is 3. The Morgan fingerprint density at radius 3 is 2.30 bits per heavy atom. The number of nitrogens with one attached hydrogen (secondary N) is 1. The van der Waals surface area contributed by atoms with Crippen LogP contribution in [0.25, 0.3) is 11.3 Å². The number of hydrogen-bond acceptors (Lipinski definition) is 6. The van der Waals surface area contributed by atoms with Crippen molar-refractivity contribution in [3.8, 4) is 11.3 Å². The van der Waals surface area contributed by atoms with Crippen molar-refractivity contribution in [2.45, 2.75) is 0 Å². The van der Waals surface area contributed by atoms with E-state index in [2.05, 4.69) is 10.3 Å². The van der Waals surface area contributed by atoms with Crippen LogP contribution in [0.1, 0.15) is 10.4 Å². The minimum atomic E-state index is -3.30. The maximum absolute atomic E-state index is 11.6. The fourth-order valence-corrected chi connectivity index (χ4v) is 3.56. The van der Waals surface area contributed by atoms with Gasteiger partial charge < -0.3 is 10.4 Å². The molecule has 2 N–H and O–H groups in total. The van der Waals surface area contributed by atoms with Crippen LogP contribution in [0.5, 0.6) is 0 Å². The molecule has 9 heteroatoms. The lowest BCUT2D eigenvalue weighted by atomic mass is 10.1. The van der Waals surface area contributed by atoms with E-state index in [0.717, 1.165) is 23.2 Å². The van der Waals surface area contributed by atoms with Gasteiger partial charge in [-0.05, 0) is 36.4 Å². The molecule has 0 fully saturated rings. The van der Waals surface area contributed by atoms with Crippen LogP contribution in [0.15, 0.2) is 53.9 Å². The average molecular weight is 403 g/mol. The highest BCUT2D eigenvalue weighted by Crippen LogP contribution is 2.28. The summed E-state index contributed by atoms with van der Waals surface area (Å²) < 4.78 is 24.4. The van der Waals surface area contributed by atoms with Crippen LogP contribution in [0.2, 0.25) is 0 Å². The molecular weight excluding hydrogens is 386 g/mol. The molecule has 0 atom stereocenters. The van der Waals surface area contributed by atoms with Crippen LogP contribution in [0.3, 0.4) is 0 Å². The molecule has 0 bridgehead atoms. The molecule has 140 valence electrons. The quantitative estimate of drug-likeness (QED) is 0.652. The molecule has 0 radical (unpaired) electrons. The lowest BCUT2D eigenvalue weighted by molar-refractivity contribution is 0.0697. The van der Waals surface area contributed by atoms with E-state index in [1.165, 1.54) is 34.8 Å². The summed E-state index contributed by atoms with van der Waals surface area (Å²) in [5, 5.41) is 14.6. The highest BCUT2D eigenvalue weighted by Gasteiger charge is 2.12. The van der Waals surface area contributed by atoms with Gasteiger partial charge >= 0.3 is 5.97 Å². The first-order valence-corrected chi connectivity index (χ1v) is 10.6. The smallest absolute Gasteiger partial charge is 0.335 e. The van der Waals surface area contributed by atoms with E-state index in [1.807, 2.05) is 17.5 Å². The number of carboxylic acids is 1. The molecule has 3 aromatic rings. The number of hydrogen-bond donors (Lipinski definition) is 2. The summed E-state index contributed by atoms with van der Waals surface area (Å²) in [6.07, 6.45) is 1.16. The number of aromatic carboxylic acids is 1. The van der Waals surface area contributed by atoms with Crippen molar-refractivity contribution >= 4 is 43.8 Å². The molecule has 0 aliphatic carbocycles. The van der Waals surface area contributed by atoms with Crippen LogP contribution in [-0.2, 0) is 10.0 Å². The predicted octanol–water partition coefficient (Wildman–Crippen LogP) is 3.65. The first-order valence-electron chi connectivity index (χ1n) is 7.84. The van der Waals surface area contributed by atoms with Crippen LogP contribution in [-0.4, -0.2) is 37.8 Å². The first kappa shape index (κ1) is 18.9. The molecule has 0 amide bonds. The van der Waals surface area contributed by atoms with Crippen molar-refractivity contribution in [2.75, 3.05) is 22.9 Å². The van der Waals surface area contributed by atoms with Crippen LogP contribution in [0, 0.1) is 0 Å². The highest BCUT2D eigenvalue weighted by atomic mass is 32.2. The standard InChI is InChI=1S/C18H17N3O4S2/c1-21(27(2,24)25)15-9-5-12(6-10-15)16-11-26-18(20-16)19-14-7-3-13(4-8-14)17(22)23/h3-11H,1-2H3,(H,19,20)(H,22,23). The van der Waals surface area contributed by atoms with E-state index in [1.54, 1.807) is 24.3 Å². The summed E-state index contributed by atoms with van der Waals surface area (Å²) in [7, 11) is -1.79. The Labute approximate surface area is 161 Å². The van der Waals surface area contributed by atoms with Crippen molar-refractivity contribution in [3.05, 3.63) is 59.5 Å². The zero-order chi connectivity index (χ0) is 19.6. The van der Waals surface area contributed by atoms with Gasteiger partial charge in [0, 0.05) is 23.7 Å². The summed E-state index contributed by atoms with van der Waals surface area (Å²) in [6, 6.07) is 13.5. The minimum absolute atomic E-state index is 0.222. The van der Waals surface area contributed by atoms with Gasteiger partial charge in [0.25, 0.3) is 0 Å². The number of rotatable bonds is 6. The molecule has 0 spiro atoms. The van der Waals surface area contributed by atoms with E-state index in [9.17, 15) is 13.2 Å². The van der Waals surface area contributed by atoms with E-state index < -0.39 is 16.0 Å². The van der Waals surface area contributed by atoms with Gasteiger partial charge in [0.05, 0.1) is 23.2 Å². The predicted molar refractivity (Wildman–Crippen MR) is 107 cm³/mol. The number of thiazole rings is 1. The summed E-state index contributed by atoms with van der Waals surface area (Å²) in [5.74, 6) is -0.969. The molecule has 0 aliphatic rings. The average Bonchev–Trinajstić information content (AvgIpc) is 3.09. The van der Waals surface area contributed by atoms with E-state index >= 15 is 0 Å². The molecule has 0 saturated carbocycles. The van der Waals surface area contributed by atoms with Gasteiger partial charge in [0.2, 0.25) is 10.0 Å². The van der Waals surface area contributed by atoms with Gasteiger partial charge in [-0.3, -0.25) is 4.31 Å². The maximum atomic E-state index is 11.6. The van der Waals surface area contributed by atoms with Gasteiger partial charge in [-0.1, -0.05) is 12.1 Å². The SMILES string of the molecule is CN(c1ccc(-c2csc(Nc3ccc(C(=O)O)cc3)n2)cc1)S(C)(=O)=O. The van der Waals surface area contributed by atoms with Crippen molar-refractivity contribution < 1.29 is 18.3 Å². The molecule has 0 saturated heterocycles. The van der Waals surface area contributed by atoms with Crippen LogP contribution < -0.4 is 9.62 Å². The molecule has 1 aromatic heterocycles. The Hall–Kier alpha value is -2.91. The number of nitrogens with zero attached hydrogens (tertiary/aromatic N) is 2. The summed E-state index contributed by atoms with van der Waals surface area (Å²) in [6.45, 7) is 0. The summed E-state index contributed by atoms with van der Waals surface area (Å²) >= 11 is 1.42. The zero-order valence-electron chi connectivity index (χ0n) is 14.6. The number of benzene rings is 2. The number of carboxylic acid groups (broad SMARTS) is 1. The molecule has 0 unspecified atom stereocenters. The highest BCUT2D eigenvalue weighted by molar-refractivity contribution is 7.92. The van der Waals surface area contributed by atoms with E-state index in [4.69, 9.17) is 5.11 Å². The van der Waals surface area contributed by atoms with Gasteiger partial charge in [-0.15, -0.1) is 11.3 Å². The molecule has 27 heavy (non-hydrogen) atoms. The normalized spacial score (nSPS) is 11.2. The maximum Gasteiger partial charge on any atom is 0.335 e. The third-order valence-corrected chi connectivity index (χ3v) is 5.87. The number of sulfonamides is 1. The second-order valence-electron chi connectivity index (χ2n) is 5.82. The minimum Gasteiger partial charge on any atom is -0.478 e. The fraction of sp³-hybridized carbons (Fsp3) is 0.111. The van der Waals surface area contributed by atoms with Crippen LogP contribution in [0.4, 0.5) is 16.5 Å². The Bertz CT molecular complexity index is 1060. The second kappa shape index (κ2) is 7.37. The Morgan fingerprint density at radius 2 is 1.74 bits per heavy atom. The number of aromatic nitrogens is 1. The summed E-state index contributed by atoms with van der Waals surface area (Å²) in [4.78, 5) is 15.4. The molecule has 2 aromatic carbocycles. The third kappa shape index (κ3) is 4.44. The zero-order valence-corrected chi connectivity index (χ0v) is 16.2. The monoisotopic (exact) mass is 403 g/mol. The molecule has 3 rings (SSSR count). The lowest BCUT2D eigenvalue weighted by Crippen LogP contribution is -2.24. The summed E-state index contributed by atoms with van der Waals surface area (Å²) in [5.41, 5.74) is 3.17. The van der Waals surface area contributed by atoms with Crippen molar-refractivity contribution in [1.29, 1.82) is 0 Å². The Kier molecular flexibility index (Phi) is 5.15. The molecular formula is C18H17N3O4S2. The largest absolute Gasteiger partial charge is 0.478 e. The fourth-order valence-electron chi connectivity index (χ4n) is 2.32. The van der Waals surface area contributed by atoms with Crippen molar-refractivity contribution in [2.24, 2.45) is 0 Å². The third-order valence-electron chi connectivity index (χ3n) is 3.91. The topological polar surface area (TPSA) is 99.6 Å². The van der Waals surface area contributed by atoms with Crippen molar-refractivity contribution in [1.82, 2.24) is 4.98 Å². The van der Waals surface area contributed by atoms with E-state index in [0.29, 0.717) is 10.8 Å². The molecule has 1 heterocycles. The second-order valence-corrected chi connectivity index (χ2v) is 8.69. The van der Waals surface area contributed by atoms with Gasteiger partial charge in [-0.25, -0.2) is 18.2 Å². The lowest BCUT2D eigenvalue weighted by Gasteiger charge is -2.16. The van der Waals surface area contributed by atoms with Gasteiger partial charge in [-0.2, -0.15) is 0 Å². The van der Waals surface area contributed by atoms with Crippen LogP contribution >= 0.6 is 11.3 Å². The number of carbonyl (C=O) groups is 1. The van der Waals surface area contributed by atoms with Crippen molar-refractivity contribution in [3.63, 3.8) is 0 Å². The first-order chi connectivity index (χ1) is 12.7.